The number of hydrogen-bond acceptors (Lipinski definition) is 6. The molecule has 2 aromatic heterocycles. The minimum Gasteiger partial charge on any atom is -0.457 e. The van der Waals surface area contributed by atoms with Gasteiger partial charge in [-0.25, -0.2) is 9.18 Å². The fraction of sp³-hybridized carbons (Fsp3) is 0.276. The maximum absolute atomic E-state index is 14.6. The summed E-state index contributed by atoms with van der Waals surface area (Å²) in [7, 11) is 6.02. The normalized spacial score (nSPS) is 15.0. The number of anilines is 3. The van der Waals surface area contributed by atoms with E-state index in [1.54, 1.807) is 29.2 Å². The van der Waals surface area contributed by atoms with Gasteiger partial charge in [0.05, 0.1) is 17.6 Å². The Labute approximate surface area is 227 Å². The number of pyridine rings is 1. The van der Waals surface area contributed by atoms with Crippen LogP contribution in [0.1, 0.15) is 12.0 Å². The third kappa shape index (κ3) is 6.35. The molecule has 1 aliphatic heterocycles. The van der Waals surface area contributed by atoms with E-state index >= 15 is 0 Å². The number of nitrogens with one attached hydrogen (secondary N) is 2. The van der Waals surface area contributed by atoms with Gasteiger partial charge >= 0.3 is 6.03 Å². The maximum atomic E-state index is 14.6. The molecule has 1 aliphatic rings. The van der Waals surface area contributed by atoms with Gasteiger partial charge in [0.15, 0.2) is 0 Å². The molecule has 2 amide bonds. The van der Waals surface area contributed by atoms with Crippen LogP contribution >= 0.6 is 0 Å². The minimum atomic E-state index is -0.569. The number of amides is 2. The fourth-order valence-electron chi connectivity index (χ4n) is 4.69. The Kier molecular flexibility index (Phi) is 7.47. The minimum absolute atomic E-state index is 0.00721. The first-order chi connectivity index (χ1) is 18.7. The molecule has 10 heteroatoms. The lowest BCUT2D eigenvalue weighted by molar-refractivity contribution is 0.262. The highest BCUT2D eigenvalue weighted by Gasteiger charge is 2.24. The summed E-state index contributed by atoms with van der Waals surface area (Å²) in [6.45, 7) is 3.88. The molecule has 0 bridgehead atoms. The third-order valence-corrected chi connectivity index (χ3v) is 6.73. The van der Waals surface area contributed by atoms with Crippen LogP contribution in [0.4, 0.5) is 26.2 Å². The molecule has 1 saturated heterocycles. The van der Waals surface area contributed by atoms with Crippen molar-refractivity contribution in [1.29, 1.82) is 0 Å². The summed E-state index contributed by atoms with van der Waals surface area (Å²) in [5, 5.41) is 9.62. The monoisotopic (exact) mass is 529 g/mol. The van der Waals surface area contributed by atoms with Crippen molar-refractivity contribution in [3.05, 3.63) is 78.5 Å². The molecule has 5 rings (SSSR count). The number of likely N-dealkylation sites (N-methyl/N-ethyl adjacent to an activating group) is 1. The molecule has 0 saturated carbocycles. The Hall–Kier alpha value is -4.44. The fourth-order valence-corrected chi connectivity index (χ4v) is 4.69. The second-order valence-electron chi connectivity index (χ2n) is 10.0. The topological polar surface area (TPSA) is 87.5 Å². The number of carbonyl (C=O) groups is 1. The average Bonchev–Trinajstić information content (AvgIpc) is 3.56. The van der Waals surface area contributed by atoms with E-state index in [0.29, 0.717) is 28.9 Å². The first kappa shape index (κ1) is 26.2. The molecule has 0 radical (unpaired) electrons. The Morgan fingerprint density at radius 3 is 2.67 bits per heavy atom. The van der Waals surface area contributed by atoms with Crippen LogP contribution in [-0.2, 0) is 7.05 Å². The van der Waals surface area contributed by atoms with Gasteiger partial charge in [-0.05, 0) is 69.4 Å². The van der Waals surface area contributed by atoms with Gasteiger partial charge < -0.3 is 25.2 Å². The zero-order chi connectivity index (χ0) is 27.5. The van der Waals surface area contributed by atoms with E-state index in [2.05, 4.69) is 50.7 Å². The van der Waals surface area contributed by atoms with E-state index in [9.17, 15) is 9.18 Å². The predicted molar refractivity (Wildman–Crippen MR) is 151 cm³/mol. The lowest BCUT2D eigenvalue weighted by Crippen LogP contribution is -2.31. The second-order valence-corrected chi connectivity index (χ2v) is 10.0. The van der Waals surface area contributed by atoms with Gasteiger partial charge in [-0.1, -0.05) is 0 Å². The van der Waals surface area contributed by atoms with Crippen molar-refractivity contribution < 1.29 is 13.9 Å². The van der Waals surface area contributed by atoms with E-state index in [4.69, 9.17) is 4.74 Å². The highest BCUT2D eigenvalue weighted by molar-refractivity contribution is 6.00. The number of ether oxygens (including phenoxy) is 1. The van der Waals surface area contributed by atoms with Gasteiger partial charge in [0.2, 0.25) is 0 Å². The molecule has 2 N–H and O–H groups in total. The van der Waals surface area contributed by atoms with Gasteiger partial charge in [-0.3, -0.25) is 9.67 Å². The first-order valence-corrected chi connectivity index (χ1v) is 12.8. The Morgan fingerprint density at radius 1 is 1.10 bits per heavy atom. The van der Waals surface area contributed by atoms with Crippen molar-refractivity contribution in [3.63, 3.8) is 0 Å². The predicted octanol–water partition coefficient (Wildman–Crippen LogP) is 5.51. The largest absolute Gasteiger partial charge is 0.457 e. The molecule has 3 heterocycles. The van der Waals surface area contributed by atoms with Gasteiger partial charge in [-0.15, -0.1) is 0 Å². The lowest BCUT2D eigenvalue weighted by atomic mass is 10.2. The number of halogens is 1. The van der Waals surface area contributed by atoms with Crippen LogP contribution in [0.25, 0.3) is 11.3 Å². The third-order valence-electron chi connectivity index (χ3n) is 6.73. The molecule has 39 heavy (non-hydrogen) atoms. The maximum Gasteiger partial charge on any atom is 0.323 e. The Morgan fingerprint density at radius 2 is 1.92 bits per heavy atom. The van der Waals surface area contributed by atoms with Crippen LogP contribution in [0.2, 0.25) is 0 Å². The quantitative estimate of drug-likeness (QED) is 0.329. The zero-order valence-corrected chi connectivity index (χ0v) is 22.5. The lowest BCUT2D eigenvalue weighted by Gasteiger charge is -2.23. The van der Waals surface area contributed by atoms with E-state index in [-0.39, 0.29) is 5.69 Å². The number of benzene rings is 2. The first-order valence-electron chi connectivity index (χ1n) is 12.8. The molecule has 4 aromatic rings. The van der Waals surface area contributed by atoms with Crippen LogP contribution < -0.4 is 20.3 Å². The smallest absolute Gasteiger partial charge is 0.323 e. The molecule has 2 aromatic carbocycles. The second kappa shape index (κ2) is 11.1. The van der Waals surface area contributed by atoms with Crippen LogP contribution in [0, 0.1) is 12.7 Å². The van der Waals surface area contributed by atoms with Crippen LogP contribution in [0.5, 0.6) is 11.5 Å². The SMILES string of the molecule is Cc1cc(NC(=O)Nc2cc(Oc3ccnc(-c4cnn(C)c4)c3)ccc2F)cc(N2CCC(N(C)C)C2)c1. The summed E-state index contributed by atoms with van der Waals surface area (Å²) in [6, 6.07) is 13.6. The van der Waals surface area contributed by atoms with Gasteiger partial charge in [0.25, 0.3) is 0 Å². The summed E-state index contributed by atoms with van der Waals surface area (Å²) in [6.07, 6.45) is 6.29. The van der Waals surface area contributed by atoms with Crippen molar-refractivity contribution in [1.82, 2.24) is 19.7 Å². The van der Waals surface area contributed by atoms with Gasteiger partial charge in [0, 0.05) is 67.6 Å². The highest BCUT2D eigenvalue weighted by Crippen LogP contribution is 2.30. The van der Waals surface area contributed by atoms with Crippen LogP contribution in [-0.4, -0.2) is 58.9 Å². The van der Waals surface area contributed by atoms with E-state index < -0.39 is 11.8 Å². The summed E-state index contributed by atoms with van der Waals surface area (Å²) in [5.41, 5.74) is 4.28. The number of aryl methyl sites for hydroxylation is 2. The van der Waals surface area contributed by atoms with E-state index in [1.807, 2.05) is 32.3 Å². The molecule has 0 spiro atoms. The number of hydrogen-bond donors (Lipinski definition) is 2. The average molecular weight is 530 g/mol. The standard InChI is InChI=1S/C29H32FN7O2/c1-19-11-21(13-23(12-19)37-10-8-22(18-37)35(2)3)33-29(38)34-28-15-24(5-6-26(28)30)39-25-7-9-31-27(14-25)20-16-32-36(4)17-20/h5-7,9,11-17,22H,8,10,18H2,1-4H3,(H2,33,34,38). The van der Waals surface area contributed by atoms with Crippen molar-refractivity contribution >= 4 is 23.1 Å². The molecule has 9 nitrogen and oxygen atoms in total. The summed E-state index contributed by atoms with van der Waals surface area (Å²) in [4.78, 5) is 21.7. The number of urea groups is 1. The number of aromatic nitrogens is 3. The van der Waals surface area contributed by atoms with Crippen molar-refractivity contribution in [2.24, 2.45) is 7.05 Å². The number of rotatable bonds is 7. The molecular formula is C29H32FN7O2. The summed E-state index contributed by atoms with van der Waals surface area (Å²) >= 11 is 0. The highest BCUT2D eigenvalue weighted by atomic mass is 19.1. The number of carbonyl (C=O) groups excluding carboxylic acids is 1. The Balaban J connectivity index is 1.26. The Bertz CT molecular complexity index is 1490. The number of nitrogens with zero attached hydrogens (tertiary/aromatic N) is 5. The molecule has 1 fully saturated rings. The van der Waals surface area contributed by atoms with E-state index in [0.717, 1.165) is 36.3 Å². The van der Waals surface area contributed by atoms with Crippen molar-refractivity contribution in [2.45, 2.75) is 19.4 Å². The summed E-state index contributed by atoms with van der Waals surface area (Å²) in [5.74, 6) is 0.328. The molecule has 1 unspecified atom stereocenters. The molecule has 0 aliphatic carbocycles. The van der Waals surface area contributed by atoms with Crippen LogP contribution in [0.3, 0.4) is 0 Å². The van der Waals surface area contributed by atoms with Gasteiger partial charge in [0.1, 0.15) is 17.3 Å². The van der Waals surface area contributed by atoms with Crippen molar-refractivity contribution in [3.8, 4) is 22.8 Å². The summed E-state index contributed by atoms with van der Waals surface area (Å²) < 4.78 is 22.2. The van der Waals surface area contributed by atoms with Gasteiger partial charge in [-0.2, -0.15) is 5.10 Å². The van der Waals surface area contributed by atoms with Crippen LogP contribution in [0.15, 0.2) is 67.1 Å². The molecule has 1 atom stereocenters. The molecular weight excluding hydrogens is 497 g/mol. The van der Waals surface area contributed by atoms with E-state index in [1.165, 1.54) is 18.2 Å². The molecule has 202 valence electrons. The van der Waals surface area contributed by atoms with Crippen molar-refractivity contribution in [2.75, 3.05) is 42.7 Å². The zero-order valence-electron chi connectivity index (χ0n) is 22.5.